The first kappa shape index (κ1) is 12.6. The normalized spacial score (nSPS) is 30.5. The molecule has 2 atom stereocenters. The van der Waals surface area contributed by atoms with E-state index in [1.165, 1.54) is 0 Å². The number of hydrogen-bond acceptors (Lipinski definition) is 5. The van der Waals surface area contributed by atoms with E-state index in [0.717, 1.165) is 12.8 Å². The number of amides is 1. The Kier molecular flexibility index (Phi) is 2.87. The molecule has 0 aliphatic carbocycles. The van der Waals surface area contributed by atoms with Crippen molar-refractivity contribution in [2.75, 3.05) is 19.7 Å². The van der Waals surface area contributed by atoms with Crippen molar-refractivity contribution < 1.29 is 19.2 Å². The summed E-state index contributed by atoms with van der Waals surface area (Å²) in [5, 5.41) is 14.0. The molecule has 0 unspecified atom stereocenters. The summed E-state index contributed by atoms with van der Waals surface area (Å²) in [5.74, 6) is 0.382. The van der Waals surface area contributed by atoms with Crippen LogP contribution in [0.2, 0.25) is 0 Å². The number of nitrogens with zero attached hydrogens (tertiary/aromatic N) is 2. The average Bonchev–Trinajstić information content (AvgIpc) is 3.04. The van der Waals surface area contributed by atoms with Gasteiger partial charge in [-0.3, -0.25) is 4.79 Å². The summed E-state index contributed by atoms with van der Waals surface area (Å²) in [5.41, 5.74) is 0.529. The number of aliphatic hydroxyl groups excluding tert-OH is 1. The van der Waals surface area contributed by atoms with Gasteiger partial charge in [0.05, 0.1) is 12.2 Å². The Hall–Kier alpha value is -1.40. The highest BCUT2D eigenvalue weighted by molar-refractivity contribution is 5.96. The molecule has 0 bridgehead atoms. The van der Waals surface area contributed by atoms with Gasteiger partial charge in [0.25, 0.3) is 5.91 Å². The summed E-state index contributed by atoms with van der Waals surface area (Å²) in [6.45, 7) is 4.88. The lowest BCUT2D eigenvalue weighted by atomic mass is 9.97. The molecule has 104 valence electrons. The van der Waals surface area contributed by atoms with Crippen molar-refractivity contribution in [3.05, 3.63) is 17.0 Å². The monoisotopic (exact) mass is 266 g/mol. The lowest BCUT2D eigenvalue weighted by Gasteiger charge is -2.25. The summed E-state index contributed by atoms with van der Waals surface area (Å²) in [7, 11) is 0. The predicted molar refractivity (Wildman–Crippen MR) is 65.8 cm³/mol. The summed E-state index contributed by atoms with van der Waals surface area (Å²) in [6, 6.07) is 0. The Morgan fingerprint density at radius 1 is 1.53 bits per heavy atom. The van der Waals surface area contributed by atoms with Crippen molar-refractivity contribution in [3.63, 3.8) is 0 Å². The number of carbonyl (C=O) groups excluding carboxylic acids is 1. The van der Waals surface area contributed by atoms with Gasteiger partial charge in [0.2, 0.25) is 0 Å². The highest BCUT2D eigenvalue weighted by Gasteiger charge is 2.50. The Balaban J connectivity index is 1.83. The fourth-order valence-corrected chi connectivity index (χ4v) is 3.08. The Morgan fingerprint density at radius 2 is 2.32 bits per heavy atom. The third kappa shape index (κ3) is 1.86. The average molecular weight is 266 g/mol. The van der Waals surface area contributed by atoms with E-state index in [2.05, 4.69) is 5.16 Å². The lowest BCUT2D eigenvalue weighted by molar-refractivity contribution is -0.0590. The van der Waals surface area contributed by atoms with Crippen LogP contribution in [0.15, 0.2) is 4.52 Å². The fourth-order valence-electron chi connectivity index (χ4n) is 3.08. The van der Waals surface area contributed by atoms with Gasteiger partial charge in [-0.15, -0.1) is 0 Å². The maximum atomic E-state index is 12.5. The van der Waals surface area contributed by atoms with E-state index in [1.807, 2.05) is 0 Å². The third-order valence-electron chi connectivity index (χ3n) is 4.13. The van der Waals surface area contributed by atoms with Crippen molar-refractivity contribution in [2.24, 2.45) is 0 Å². The van der Waals surface area contributed by atoms with Crippen LogP contribution < -0.4 is 0 Å². The molecule has 0 saturated carbocycles. The van der Waals surface area contributed by atoms with Crippen LogP contribution in [0, 0.1) is 13.8 Å². The van der Waals surface area contributed by atoms with Crippen molar-refractivity contribution in [2.45, 2.75) is 38.4 Å². The molecule has 3 heterocycles. The molecule has 2 aliphatic heterocycles. The Morgan fingerprint density at radius 3 is 2.89 bits per heavy atom. The van der Waals surface area contributed by atoms with Crippen molar-refractivity contribution >= 4 is 5.91 Å². The maximum absolute atomic E-state index is 12.5. The van der Waals surface area contributed by atoms with Gasteiger partial charge in [-0.05, 0) is 26.7 Å². The van der Waals surface area contributed by atoms with Crippen molar-refractivity contribution in [3.8, 4) is 0 Å². The quantitative estimate of drug-likeness (QED) is 0.808. The Labute approximate surface area is 111 Å². The molecule has 19 heavy (non-hydrogen) atoms. The molecule has 1 spiro atoms. The van der Waals surface area contributed by atoms with E-state index in [1.54, 1.807) is 18.7 Å². The number of aryl methyl sites for hydroxylation is 2. The zero-order valence-electron chi connectivity index (χ0n) is 11.2. The van der Waals surface area contributed by atoms with Crippen molar-refractivity contribution in [1.82, 2.24) is 10.1 Å². The van der Waals surface area contributed by atoms with Crippen LogP contribution in [-0.2, 0) is 4.74 Å². The number of ether oxygens (including phenoxy) is 1. The number of aromatic nitrogens is 1. The fraction of sp³-hybridized carbons (Fsp3) is 0.692. The third-order valence-corrected chi connectivity index (χ3v) is 4.13. The van der Waals surface area contributed by atoms with E-state index in [4.69, 9.17) is 9.26 Å². The van der Waals surface area contributed by atoms with Gasteiger partial charge < -0.3 is 19.3 Å². The largest absolute Gasteiger partial charge is 0.388 e. The minimum Gasteiger partial charge on any atom is -0.388 e. The van der Waals surface area contributed by atoms with Gasteiger partial charge in [0, 0.05) is 13.2 Å². The first-order valence-corrected chi connectivity index (χ1v) is 6.58. The smallest absolute Gasteiger partial charge is 0.259 e. The van der Waals surface area contributed by atoms with Crippen LogP contribution in [0.4, 0.5) is 0 Å². The molecule has 2 fully saturated rings. The number of carbonyl (C=O) groups is 1. The molecule has 1 amide bonds. The zero-order chi connectivity index (χ0) is 13.6. The minimum absolute atomic E-state index is 0.136. The Bertz CT molecular complexity index is 485. The summed E-state index contributed by atoms with van der Waals surface area (Å²) in [6.07, 6.45) is 1.13. The molecule has 1 N–H and O–H groups in total. The van der Waals surface area contributed by atoms with E-state index < -0.39 is 11.7 Å². The second kappa shape index (κ2) is 4.31. The SMILES string of the molecule is Cc1noc(C)c1C(=O)N1C[C@H](O)[C@]2(CCCO2)C1. The molecule has 0 radical (unpaired) electrons. The number of likely N-dealkylation sites (tertiary alicyclic amines) is 1. The number of rotatable bonds is 1. The molecular weight excluding hydrogens is 248 g/mol. The van der Waals surface area contributed by atoms with E-state index in [-0.39, 0.29) is 5.91 Å². The first-order valence-electron chi connectivity index (χ1n) is 6.58. The van der Waals surface area contributed by atoms with Gasteiger partial charge >= 0.3 is 0 Å². The lowest BCUT2D eigenvalue weighted by Crippen LogP contribution is -2.41. The molecule has 3 rings (SSSR count). The molecule has 2 saturated heterocycles. The molecular formula is C13H18N2O4. The van der Waals surface area contributed by atoms with Gasteiger partial charge in [0.15, 0.2) is 0 Å². The summed E-state index contributed by atoms with van der Waals surface area (Å²) >= 11 is 0. The second-order valence-corrected chi connectivity index (χ2v) is 5.42. The number of β-amino-alcohol motifs (C(OH)–C–C–N with tert-alkyl or cyclic N) is 1. The van der Waals surface area contributed by atoms with Gasteiger partial charge in [-0.1, -0.05) is 5.16 Å². The van der Waals surface area contributed by atoms with E-state index in [9.17, 15) is 9.90 Å². The van der Waals surface area contributed by atoms with Crippen LogP contribution in [0.5, 0.6) is 0 Å². The molecule has 0 aromatic carbocycles. The van der Waals surface area contributed by atoms with E-state index in [0.29, 0.717) is 36.7 Å². The predicted octanol–water partition coefficient (Wildman–Crippen LogP) is 0.657. The maximum Gasteiger partial charge on any atom is 0.259 e. The number of aliphatic hydroxyl groups is 1. The summed E-state index contributed by atoms with van der Waals surface area (Å²) in [4.78, 5) is 14.1. The zero-order valence-corrected chi connectivity index (χ0v) is 11.2. The van der Waals surface area contributed by atoms with Crippen LogP contribution >= 0.6 is 0 Å². The highest BCUT2D eigenvalue weighted by atomic mass is 16.5. The molecule has 1 aromatic heterocycles. The standard InChI is InChI=1S/C13H18N2O4/c1-8-11(9(2)19-14-8)12(17)15-6-10(16)13(7-15)4-3-5-18-13/h10,16H,3-7H2,1-2H3/t10-,13-/m0/s1. The highest BCUT2D eigenvalue weighted by Crippen LogP contribution is 2.36. The summed E-state index contributed by atoms with van der Waals surface area (Å²) < 4.78 is 10.7. The molecule has 1 aromatic rings. The molecule has 2 aliphatic rings. The van der Waals surface area contributed by atoms with Gasteiger partial charge in [0.1, 0.15) is 23.0 Å². The second-order valence-electron chi connectivity index (χ2n) is 5.42. The van der Waals surface area contributed by atoms with E-state index >= 15 is 0 Å². The topological polar surface area (TPSA) is 75.8 Å². The van der Waals surface area contributed by atoms with Gasteiger partial charge in [-0.25, -0.2) is 0 Å². The van der Waals surface area contributed by atoms with Gasteiger partial charge in [-0.2, -0.15) is 0 Å². The van der Waals surface area contributed by atoms with Crippen LogP contribution in [0.25, 0.3) is 0 Å². The van der Waals surface area contributed by atoms with Crippen LogP contribution in [0.3, 0.4) is 0 Å². The number of hydrogen-bond donors (Lipinski definition) is 1. The minimum atomic E-state index is -0.612. The first-order chi connectivity index (χ1) is 9.03. The molecule has 6 nitrogen and oxygen atoms in total. The molecule has 6 heteroatoms. The van der Waals surface area contributed by atoms with Crippen LogP contribution in [0.1, 0.15) is 34.7 Å². The van der Waals surface area contributed by atoms with Crippen LogP contribution in [-0.4, -0.2) is 52.5 Å². The van der Waals surface area contributed by atoms with Crippen molar-refractivity contribution in [1.29, 1.82) is 0 Å².